The minimum atomic E-state index is -3.77. The van der Waals surface area contributed by atoms with E-state index < -0.39 is 10.1 Å². The van der Waals surface area contributed by atoms with Crippen molar-refractivity contribution in [2.24, 2.45) is 0 Å². The number of morpholine rings is 1. The van der Waals surface area contributed by atoms with Crippen molar-refractivity contribution in [2.45, 2.75) is 24.8 Å². The summed E-state index contributed by atoms with van der Waals surface area (Å²) in [7, 11) is -2.14. The SMILES string of the molecule is CCOS(=O)(=O)c1ccc(C)cc1N1CCOCC1COC. The molecule has 1 aliphatic rings. The van der Waals surface area contributed by atoms with Gasteiger partial charge in [-0.2, -0.15) is 8.42 Å². The van der Waals surface area contributed by atoms with Crippen LogP contribution in [0.25, 0.3) is 0 Å². The van der Waals surface area contributed by atoms with Crippen molar-refractivity contribution < 1.29 is 22.1 Å². The Kier molecular flexibility index (Phi) is 5.80. The van der Waals surface area contributed by atoms with Crippen LogP contribution in [-0.2, 0) is 23.8 Å². The second-order valence-electron chi connectivity index (χ2n) is 5.21. The monoisotopic (exact) mass is 329 g/mol. The number of benzene rings is 1. The first-order valence-electron chi connectivity index (χ1n) is 7.33. The van der Waals surface area contributed by atoms with Gasteiger partial charge in [-0.15, -0.1) is 0 Å². The summed E-state index contributed by atoms with van der Waals surface area (Å²) in [4.78, 5) is 2.23. The predicted molar refractivity (Wildman–Crippen MR) is 83.8 cm³/mol. The number of ether oxygens (including phenoxy) is 2. The van der Waals surface area contributed by atoms with Crippen LogP contribution in [0.1, 0.15) is 12.5 Å². The summed E-state index contributed by atoms with van der Waals surface area (Å²) < 4.78 is 40.4. The van der Waals surface area contributed by atoms with Crippen LogP contribution in [0.3, 0.4) is 0 Å². The van der Waals surface area contributed by atoms with E-state index >= 15 is 0 Å². The summed E-state index contributed by atoms with van der Waals surface area (Å²) >= 11 is 0. The topological polar surface area (TPSA) is 65.1 Å². The van der Waals surface area contributed by atoms with E-state index in [1.165, 1.54) is 0 Å². The van der Waals surface area contributed by atoms with Gasteiger partial charge in [-0.25, -0.2) is 0 Å². The normalized spacial score (nSPS) is 19.4. The van der Waals surface area contributed by atoms with Crippen molar-refractivity contribution >= 4 is 15.8 Å². The molecule has 1 aliphatic heterocycles. The second kappa shape index (κ2) is 7.41. The zero-order chi connectivity index (χ0) is 16.2. The van der Waals surface area contributed by atoms with Gasteiger partial charge in [0.2, 0.25) is 0 Å². The van der Waals surface area contributed by atoms with Crippen LogP contribution in [0.4, 0.5) is 5.69 Å². The molecule has 0 radical (unpaired) electrons. The summed E-state index contributed by atoms with van der Waals surface area (Å²) in [6.45, 7) is 5.87. The van der Waals surface area contributed by atoms with E-state index in [0.717, 1.165) is 5.56 Å². The maximum atomic E-state index is 12.4. The fraction of sp³-hybridized carbons (Fsp3) is 0.600. The van der Waals surface area contributed by atoms with Crippen LogP contribution < -0.4 is 4.90 Å². The number of nitrogens with zero attached hydrogens (tertiary/aromatic N) is 1. The Morgan fingerprint density at radius 2 is 2.18 bits per heavy atom. The van der Waals surface area contributed by atoms with Gasteiger partial charge in [0.15, 0.2) is 0 Å². The molecular weight excluding hydrogens is 306 g/mol. The molecule has 2 rings (SSSR count). The average molecular weight is 329 g/mol. The van der Waals surface area contributed by atoms with E-state index in [9.17, 15) is 8.42 Å². The van der Waals surface area contributed by atoms with Gasteiger partial charge in [0.25, 0.3) is 10.1 Å². The summed E-state index contributed by atoms with van der Waals surface area (Å²) in [6.07, 6.45) is 0. The highest BCUT2D eigenvalue weighted by molar-refractivity contribution is 7.87. The third-order valence-corrected chi connectivity index (χ3v) is 4.98. The van der Waals surface area contributed by atoms with Crippen LogP contribution >= 0.6 is 0 Å². The minimum absolute atomic E-state index is 0.0175. The highest BCUT2D eigenvalue weighted by Crippen LogP contribution is 2.30. The summed E-state index contributed by atoms with van der Waals surface area (Å²) in [5.74, 6) is 0. The van der Waals surface area contributed by atoms with Gasteiger partial charge in [-0.05, 0) is 31.5 Å². The minimum Gasteiger partial charge on any atom is -0.382 e. The molecule has 0 aliphatic carbocycles. The number of hydrogen-bond acceptors (Lipinski definition) is 6. The molecule has 0 saturated carbocycles. The molecular formula is C15H23NO5S. The lowest BCUT2D eigenvalue weighted by Gasteiger charge is -2.38. The van der Waals surface area contributed by atoms with E-state index in [0.29, 0.717) is 32.1 Å². The molecule has 1 saturated heterocycles. The largest absolute Gasteiger partial charge is 0.382 e. The molecule has 0 aromatic heterocycles. The molecule has 0 bridgehead atoms. The van der Waals surface area contributed by atoms with E-state index in [1.54, 1.807) is 26.2 Å². The molecule has 0 spiro atoms. The first-order valence-corrected chi connectivity index (χ1v) is 8.73. The van der Waals surface area contributed by atoms with Crippen molar-refractivity contribution in [1.82, 2.24) is 0 Å². The Morgan fingerprint density at radius 1 is 1.41 bits per heavy atom. The fourth-order valence-corrected chi connectivity index (χ4v) is 3.69. The Morgan fingerprint density at radius 3 is 2.86 bits per heavy atom. The molecule has 6 nitrogen and oxygen atoms in total. The lowest BCUT2D eigenvalue weighted by molar-refractivity contribution is 0.0599. The van der Waals surface area contributed by atoms with Gasteiger partial charge in [0.05, 0.1) is 38.2 Å². The molecule has 1 aromatic rings. The Bertz CT molecular complexity index is 600. The van der Waals surface area contributed by atoms with Gasteiger partial charge in [-0.3, -0.25) is 4.18 Å². The number of methoxy groups -OCH3 is 1. The van der Waals surface area contributed by atoms with E-state index in [-0.39, 0.29) is 17.5 Å². The maximum absolute atomic E-state index is 12.4. The zero-order valence-electron chi connectivity index (χ0n) is 13.2. The summed E-state index contributed by atoms with van der Waals surface area (Å²) in [6, 6.07) is 5.24. The summed E-state index contributed by atoms with van der Waals surface area (Å²) in [5.41, 5.74) is 1.65. The molecule has 0 amide bonds. The molecule has 1 heterocycles. The first-order chi connectivity index (χ1) is 10.5. The van der Waals surface area contributed by atoms with Gasteiger partial charge in [0.1, 0.15) is 4.90 Å². The molecule has 22 heavy (non-hydrogen) atoms. The smallest absolute Gasteiger partial charge is 0.299 e. The van der Waals surface area contributed by atoms with Gasteiger partial charge in [0, 0.05) is 13.7 Å². The Hall–Kier alpha value is -1.15. The predicted octanol–water partition coefficient (Wildman–Crippen LogP) is 1.57. The number of rotatable bonds is 6. The van der Waals surface area contributed by atoms with Crippen LogP contribution in [0.15, 0.2) is 23.1 Å². The van der Waals surface area contributed by atoms with E-state index in [1.807, 2.05) is 17.9 Å². The van der Waals surface area contributed by atoms with E-state index in [4.69, 9.17) is 13.7 Å². The van der Waals surface area contributed by atoms with Crippen LogP contribution in [0.5, 0.6) is 0 Å². The fourth-order valence-electron chi connectivity index (χ4n) is 2.58. The third kappa shape index (κ3) is 3.78. The highest BCUT2D eigenvalue weighted by Gasteiger charge is 2.29. The molecule has 1 unspecified atom stereocenters. The molecule has 124 valence electrons. The number of anilines is 1. The number of hydrogen-bond donors (Lipinski definition) is 0. The van der Waals surface area contributed by atoms with E-state index in [2.05, 4.69) is 0 Å². The van der Waals surface area contributed by atoms with Crippen molar-refractivity contribution in [3.63, 3.8) is 0 Å². The Labute approximate surface area is 132 Å². The first kappa shape index (κ1) is 17.2. The molecule has 1 aromatic carbocycles. The third-order valence-electron chi connectivity index (χ3n) is 3.55. The van der Waals surface area contributed by atoms with Crippen molar-refractivity contribution in [2.75, 3.05) is 45.0 Å². The number of aryl methyl sites for hydroxylation is 1. The lowest BCUT2D eigenvalue weighted by Crippen LogP contribution is -2.48. The zero-order valence-corrected chi connectivity index (χ0v) is 14.1. The molecule has 1 atom stereocenters. The quantitative estimate of drug-likeness (QED) is 0.738. The maximum Gasteiger partial charge on any atom is 0.299 e. The van der Waals surface area contributed by atoms with Gasteiger partial charge in [-0.1, -0.05) is 6.07 Å². The second-order valence-corrected chi connectivity index (χ2v) is 6.79. The standard InChI is InChI=1S/C15H23NO5S/c1-4-21-22(17,18)15-6-5-12(2)9-14(15)16-7-8-20-11-13(16)10-19-3/h5-6,9,13H,4,7-8,10-11H2,1-3H3. The molecule has 7 heteroatoms. The average Bonchev–Trinajstić information content (AvgIpc) is 2.47. The van der Waals surface area contributed by atoms with Gasteiger partial charge >= 0.3 is 0 Å². The lowest BCUT2D eigenvalue weighted by atomic mass is 10.1. The molecule has 1 fully saturated rings. The Balaban J connectivity index is 2.46. The van der Waals surface area contributed by atoms with Crippen molar-refractivity contribution in [1.29, 1.82) is 0 Å². The van der Waals surface area contributed by atoms with Crippen molar-refractivity contribution in [3.05, 3.63) is 23.8 Å². The van der Waals surface area contributed by atoms with Gasteiger partial charge < -0.3 is 14.4 Å². The molecule has 0 N–H and O–H groups in total. The summed E-state index contributed by atoms with van der Waals surface area (Å²) in [5, 5.41) is 0. The van der Waals surface area contributed by atoms with Crippen LogP contribution in [-0.4, -0.2) is 54.5 Å². The highest BCUT2D eigenvalue weighted by atomic mass is 32.2. The van der Waals surface area contributed by atoms with Crippen LogP contribution in [0, 0.1) is 6.92 Å². The van der Waals surface area contributed by atoms with Crippen molar-refractivity contribution in [3.8, 4) is 0 Å². The van der Waals surface area contributed by atoms with Crippen LogP contribution in [0.2, 0.25) is 0 Å².